The van der Waals surface area contributed by atoms with E-state index in [1.807, 2.05) is 24.3 Å². The van der Waals surface area contributed by atoms with Crippen LogP contribution in [0.3, 0.4) is 0 Å². The molecule has 0 saturated heterocycles. The number of hydrogen-bond acceptors (Lipinski definition) is 7. The third-order valence-corrected chi connectivity index (χ3v) is 4.68. The van der Waals surface area contributed by atoms with Crippen molar-refractivity contribution in [3.63, 3.8) is 0 Å². The number of benzene rings is 2. The Kier molecular flexibility index (Phi) is 6.33. The van der Waals surface area contributed by atoms with Gasteiger partial charge in [0.2, 0.25) is 11.1 Å². The lowest BCUT2D eigenvalue weighted by molar-refractivity contribution is -0.113. The molecule has 10 heteroatoms. The van der Waals surface area contributed by atoms with Crippen molar-refractivity contribution in [3.05, 3.63) is 60.2 Å². The molecule has 28 heavy (non-hydrogen) atoms. The topological polar surface area (TPSA) is 107 Å². The lowest BCUT2D eigenvalue weighted by atomic mass is 10.3. The molecule has 0 fully saturated rings. The maximum Gasteiger partial charge on any atom is 0.234 e. The van der Waals surface area contributed by atoms with Crippen LogP contribution in [0.5, 0.6) is 5.75 Å². The van der Waals surface area contributed by atoms with Crippen molar-refractivity contribution in [3.8, 4) is 5.75 Å². The Morgan fingerprint density at radius 3 is 2.50 bits per heavy atom. The maximum atomic E-state index is 12.9. The van der Waals surface area contributed by atoms with Crippen molar-refractivity contribution in [2.24, 2.45) is 0 Å². The van der Waals surface area contributed by atoms with Gasteiger partial charge in [0.15, 0.2) is 5.82 Å². The number of carbonyl (C=O) groups is 1. The number of thioether (sulfide) groups is 1. The van der Waals surface area contributed by atoms with E-state index in [0.29, 0.717) is 23.2 Å². The van der Waals surface area contributed by atoms with Gasteiger partial charge < -0.3 is 21.2 Å². The third kappa shape index (κ3) is 5.13. The fraction of sp³-hybridized carbons (Fsp3) is 0.167. The zero-order valence-electron chi connectivity index (χ0n) is 15.1. The molecular weight excluding hydrogens is 383 g/mol. The predicted molar refractivity (Wildman–Crippen MR) is 106 cm³/mol. The van der Waals surface area contributed by atoms with Crippen LogP contribution < -0.4 is 21.2 Å². The molecule has 1 aromatic heterocycles. The minimum absolute atomic E-state index is 0.0959. The Bertz CT molecular complexity index is 930. The molecule has 0 unspecified atom stereocenters. The number of carbonyl (C=O) groups excluding carboxylic acids is 1. The minimum atomic E-state index is -0.362. The Balaban J connectivity index is 1.50. The summed E-state index contributed by atoms with van der Waals surface area (Å²) in [7, 11) is 1.61. The van der Waals surface area contributed by atoms with E-state index in [1.165, 1.54) is 28.9 Å². The maximum absolute atomic E-state index is 12.9. The van der Waals surface area contributed by atoms with Gasteiger partial charge in [-0.2, -0.15) is 0 Å². The van der Waals surface area contributed by atoms with Crippen molar-refractivity contribution in [2.75, 3.05) is 29.3 Å². The van der Waals surface area contributed by atoms with Gasteiger partial charge in [-0.3, -0.25) is 4.79 Å². The van der Waals surface area contributed by atoms with E-state index in [1.54, 1.807) is 7.11 Å². The molecule has 8 nitrogen and oxygen atoms in total. The van der Waals surface area contributed by atoms with Gasteiger partial charge in [-0.05, 0) is 48.5 Å². The number of nitrogens with two attached hydrogens (primary N) is 1. The first-order chi connectivity index (χ1) is 13.5. The molecule has 3 aromatic rings. The molecule has 1 heterocycles. The van der Waals surface area contributed by atoms with E-state index in [-0.39, 0.29) is 17.5 Å². The molecule has 0 atom stereocenters. The number of rotatable bonds is 8. The van der Waals surface area contributed by atoms with Crippen LogP contribution in [0.15, 0.2) is 53.7 Å². The zero-order chi connectivity index (χ0) is 19.9. The molecule has 3 rings (SSSR count). The SMILES string of the molecule is COc1ccc(NCc2nnc(SCC(=O)Nc3ccc(F)cc3)n2N)cc1. The number of aromatic nitrogens is 3. The van der Waals surface area contributed by atoms with Gasteiger partial charge in [-0.25, -0.2) is 9.07 Å². The highest BCUT2D eigenvalue weighted by atomic mass is 32.2. The number of methoxy groups -OCH3 is 1. The largest absolute Gasteiger partial charge is 0.497 e. The van der Waals surface area contributed by atoms with E-state index >= 15 is 0 Å². The lowest BCUT2D eigenvalue weighted by Crippen LogP contribution is -2.18. The fourth-order valence-electron chi connectivity index (χ4n) is 2.28. The number of anilines is 2. The van der Waals surface area contributed by atoms with E-state index < -0.39 is 0 Å². The molecular formula is C18H19FN6O2S. The second-order valence-corrected chi connectivity index (χ2v) is 6.64. The van der Waals surface area contributed by atoms with Crippen molar-refractivity contribution >= 4 is 29.0 Å². The summed E-state index contributed by atoms with van der Waals surface area (Å²) in [5.74, 6) is 6.78. The standard InChI is InChI=1S/C18H19FN6O2S/c1-27-15-8-6-13(7-9-15)21-10-16-23-24-18(25(16)20)28-11-17(26)22-14-4-2-12(19)3-5-14/h2-9,21H,10-11,20H2,1H3,(H,22,26). The Morgan fingerprint density at radius 2 is 1.82 bits per heavy atom. The van der Waals surface area contributed by atoms with Crippen LogP contribution in [0.25, 0.3) is 0 Å². The summed E-state index contributed by atoms with van der Waals surface area (Å²) in [6, 6.07) is 13.0. The molecule has 2 aromatic carbocycles. The van der Waals surface area contributed by atoms with Gasteiger partial charge in [-0.15, -0.1) is 10.2 Å². The summed E-state index contributed by atoms with van der Waals surface area (Å²) in [6.45, 7) is 0.373. The van der Waals surface area contributed by atoms with Gasteiger partial charge in [0, 0.05) is 11.4 Å². The summed E-state index contributed by atoms with van der Waals surface area (Å²) >= 11 is 1.16. The van der Waals surface area contributed by atoms with E-state index in [2.05, 4.69) is 20.8 Å². The number of nitrogen functional groups attached to an aromatic ring is 1. The van der Waals surface area contributed by atoms with Gasteiger partial charge >= 0.3 is 0 Å². The average Bonchev–Trinajstić information content (AvgIpc) is 3.06. The van der Waals surface area contributed by atoms with E-state index in [4.69, 9.17) is 10.6 Å². The molecule has 0 aliphatic rings. The zero-order valence-corrected chi connectivity index (χ0v) is 15.9. The van der Waals surface area contributed by atoms with Crippen LogP contribution in [0, 0.1) is 5.82 Å². The molecule has 4 N–H and O–H groups in total. The quantitative estimate of drug-likeness (QED) is 0.392. The first-order valence-corrected chi connectivity index (χ1v) is 9.29. The van der Waals surface area contributed by atoms with Crippen LogP contribution in [-0.4, -0.2) is 33.6 Å². The Hall–Kier alpha value is -3.27. The number of amides is 1. The average molecular weight is 402 g/mol. The van der Waals surface area contributed by atoms with Crippen molar-refractivity contribution in [2.45, 2.75) is 11.7 Å². The first kappa shape index (κ1) is 19.5. The van der Waals surface area contributed by atoms with Gasteiger partial charge in [-0.1, -0.05) is 11.8 Å². The van der Waals surface area contributed by atoms with Crippen molar-refractivity contribution < 1.29 is 13.9 Å². The highest BCUT2D eigenvalue weighted by Crippen LogP contribution is 2.18. The highest BCUT2D eigenvalue weighted by Gasteiger charge is 2.12. The molecule has 0 spiro atoms. The third-order valence-electron chi connectivity index (χ3n) is 3.74. The molecule has 0 bridgehead atoms. The summed E-state index contributed by atoms with van der Waals surface area (Å²) < 4.78 is 19.3. The van der Waals surface area contributed by atoms with Crippen molar-refractivity contribution in [1.82, 2.24) is 14.9 Å². The molecule has 146 valence electrons. The minimum Gasteiger partial charge on any atom is -0.497 e. The van der Waals surface area contributed by atoms with E-state index in [0.717, 1.165) is 23.2 Å². The smallest absolute Gasteiger partial charge is 0.234 e. The number of nitrogens with zero attached hydrogens (tertiary/aromatic N) is 3. The van der Waals surface area contributed by atoms with Crippen LogP contribution in [0.4, 0.5) is 15.8 Å². The number of halogens is 1. The van der Waals surface area contributed by atoms with Gasteiger partial charge in [0.25, 0.3) is 0 Å². The van der Waals surface area contributed by atoms with Crippen LogP contribution >= 0.6 is 11.8 Å². The molecule has 0 aliphatic carbocycles. The first-order valence-electron chi connectivity index (χ1n) is 8.30. The summed E-state index contributed by atoms with van der Waals surface area (Å²) in [6.07, 6.45) is 0. The normalized spacial score (nSPS) is 10.5. The van der Waals surface area contributed by atoms with Crippen molar-refractivity contribution in [1.29, 1.82) is 0 Å². The number of hydrogen-bond donors (Lipinski definition) is 3. The molecule has 0 aliphatic heterocycles. The second kappa shape index (κ2) is 9.09. The van der Waals surface area contributed by atoms with Gasteiger partial charge in [0.1, 0.15) is 11.6 Å². The van der Waals surface area contributed by atoms with Crippen LogP contribution in [0.2, 0.25) is 0 Å². The predicted octanol–water partition coefficient (Wildman–Crippen LogP) is 2.48. The van der Waals surface area contributed by atoms with E-state index in [9.17, 15) is 9.18 Å². The molecule has 0 radical (unpaired) electrons. The van der Waals surface area contributed by atoms with Crippen LogP contribution in [0.1, 0.15) is 5.82 Å². The molecule has 1 amide bonds. The fourth-order valence-corrected chi connectivity index (χ4v) is 2.95. The number of ether oxygens (including phenoxy) is 1. The summed E-state index contributed by atoms with van der Waals surface area (Å²) in [5.41, 5.74) is 1.40. The summed E-state index contributed by atoms with van der Waals surface area (Å²) in [4.78, 5) is 12.0. The second-order valence-electron chi connectivity index (χ2n) is 5.69. The highest BCUT2D eigenvalue weighted by molar-refractivity contribution is 7.99. The Labute approximate surface area is 165 Å². The summed E-state index contributed by atoms with van der Waals surface area (Å²) in [5, 5.41) is 14.3. The Morgan fingerprint density at radius 1 is 1.14 bits per heavy atom. The monoisotopic (exact) mass is 402 g/mol. The van der Waals surface area contributed by atoms with Crippen LogP contribution in [-0.2, 0) is 11.3 Å². The van der Waals surface area contributed by atoms with Gasteiger partial charge in [0.05, 0.1) is 19.4 Å². The molecule has 0 saturated carbocycles. The number of nitrogens with one attached hydrogen (secondary N) is 2. The lowest BCUT2D eigenvalue weighted by Gasteiger charge is -2.08.